The molecule has 0 saturated heterocycles. The number of pyridine rings is 1. The lowest BCUT2D eigenvalue weighted by Gasteiger charge is -2.07. The molecule has 3 nitrogen and oxygen atoms in total. The molecule has 0 radical (unpaired) electrons. The van der Waals surface area contributed by atoms with Gasteiger partial charge >= 0.3 is 0 Å². The maximum Gasteiger partial charge on any atom is 0.274 e. The third kappa shape index (κ3) is 2.92. The van der Waals surface area contributed by atoms with Gasteiger partial charge in [-0.05, 0) is 30.3 Å². The van der Waals surface area contributed by atoms with Gasteiger partial charge in [-0.25, -0.2) is 9.37 Å². The van der Waals surface area contributed by atoms with E-state index in [9.17, 15) is 9.18 Å². The highest BCUT2D eigenvalue weighted by atomic mass is 79.9. The van der Waals surface area contributed by atoms with Crippen LogP contribution in [0, 0.1) is 5.82 Å². The number of fused-ring (bicyclic) bond motifs is 1. The van der Waals surface area contributed by atoms with E-state index < -0.39 is 11.7 Å². The average molecular weight is 345 g/mol. The molecule has 1 heterocycles. The number of nitrogens with zero attached hydrogens (tertiary/aromatic N) is 1. The number of rotatable bonds is 2. The summed E-state index contributed by atoms with van der Waals surface area (Å²) in [6.07, 6.45) is 0. The summed E-state index contributed by atoms with van der Waals surface area (Å²) in [6, 6.07) is 15.4. The fourth-order valence-corrected chi connectivity index (χ4v) is 2.30. The van der Waals surface area contributed by atoms with E-state index in [4.69, 9.17) is 0 Å². The molecule has 0 fully saturated rings. The highest BCUT2D eigenvalue weighted by Crippen LogP contribution is 2.20. The Hall–Kier alpha value is -2.27. The molecule has 1 amide bonds. The Kier molecular flexibility index (Phi) is 3.66. The summed E-state index contributed by atoms with van der Waals surface area (Å²) in [7, 11) is 0. The molecule has 0 bridgehead atoms. The van der Waals surface area contributed by atoms with Crippen molar-refractivity contribution in [1.82, 2.24) is 4.98 Å². The number of aromatic nitrogens is 1. The van der Waals surface area contributed by atoms with Crippen molar-refractivity contribution in [2.24, 2.45) is 0 Å². The zero-order valence-corrected chi connectivity index (χ0v) is 12.4. The lowest BCUT2D eigenvalue weighted by molar-refractivity contribution is 0.102. The highest BCUT2D eigenvalue weighted by molar-refractivity contribution is 9.10. The van der Waals surface area contributed by atoms with Crippen molar-refractivity contribution in [1.29, 1.82) is 0 Å². The van der Waals surface area contributed by atoms with Crippen LogP contribution in [-0.2, 0) is 0 Å². The number of carbonyl (C=O) groups excluding carboxylic acids is 1. The van der Waals surface area contributed by atoms with Gasteiger partial charge in [-0.1, -0.05) is 40.2 Å². The van der Waals surface area contributed by atoms with Gasteiger partial charge in [0.15, 0.2) is 0 Å². The van der Waals surface area contributed by atoms with Gasteiger partial charge in [0.2, 0.25) is 0 Å². The molecule has 104 valence electrons. The molecule has 0 atom stereocenters. The van der Waals surface area contributed by atoms with Crippen LogP contribution in [0.25, 0.3) is 10.9 Å². The third-order valence-corrected chi connectivity index (χ3v) is 3.50. The van der Waals surface area contributed by atoms with E-state index in [1.807, 2.05) is 30.3 Å². The summed E-state index contributed by atoms with van der Waals surface area (Å²) in [5, 5.41) is 3.47. The average Bonchev–Trinajstić information content (AvgIpc) is 2.49. The molecule has 3 aromatic rings. The number of para-hydroxylation sites is 1. The van der Waals surface area contributed by atoms with Crippen molar-refractivity contribution < 1.29 is 9.18 Å². The Bertz CT molecular complexity index is 835. The molecule has 1 N–H and O–H groups in total. The number of carbonyl (C=O) groups is 1. The minimum atomic E-state index is -0.501. The van der Waals surface area contributed by atoms with Gasteiger partial charge in [-0.2, -0.15) is 0 Å². The van der Waals surface area contributed by atoms with Crippen LogP contribution in [0.1, 0.15) is 10.5 Å². The summed E-state index contributed by atoms with van der Waals surface area (Å²) >= 11 is 3.17. The monoisotopic (exact) mass is 344 g/mol. The first kappa shape index (κ1) is 13.7. The molecule has 0 unspecified atom stereocenters. The summed E-state index contributed by atoms with van der Waals surface area (Å²) in [5.74, 6) is -0.944. The van der Waals surface area contributed by atoms with Crippen LogP contribution in [0.5, 0.6) is 0 Å². The summed E-state index contributed by atoms with van der Waals surface area (Å²) in [5.41, 5.74) is 1.09. The second-order valence-electron chi connectivity index (χ2n) is 4.47. The van der Waals surface area contributed by atoms with Crippen molar-refractivity contribution in [3.05, 3.63) is 70.6 Å². The lowest BCUT2D eigenvalue weighted by Crippen LogP contribution is -2.14. The molecule has 0 aliphatic heterocycles. The molecule has 0 spiro atoms. The zero-order chi connectivity index (χ0) is 14.8. The number of halogens is 2. The first-order chi connectivity index (χ1) is 10.1. The topological polar surface area (TPSA) is 42.0 Å². The summed E-state index contributed by atoms with van der Waals surface area (Å²) < 4.78 is 14.3. The minimum Gasteiger partial charge on any atom is -0.318 e. The number of benzene rings is 2. The predicted octanol–water partition coefficient (Wildman–Crippen LogP) is 4.39. The summed E-state index contributed by atoms with van der Waals surface area (Å²) in [4.78, 5) is 16.4. The molecule has 1 aromatic heterocycles. The second-order valence-corrected chi connectivity index (χ2v) is 5.38. The minimum absolute atomic E-state index is 0.123. The van der Waals surface area contributed by atoms with Crippen LogP contribution >= 0.6 is 15.9 Å². The third-order valence-electron chi connectivity index (χ3n) is 3.01. The number of hydrogen-bond donors (Lipinski definition) is 1. The van der Waals surface area contributed by atoms with Crippen molar-refractivity contribution in [3.8, 4) is 0 Å². The van der Waals surface area contributed by atoms with Crippen molar-refractivity contribution in [2.45, 2.75) is 0 Å². The number of anilines is 1. The van der Waals surface area contributed by atoms with Crippen LogP contribution in [0.15, 0.2) is 59.1 Å². The van der Waals surface area contributed by atoms with Crippen molar-refractivity contribution in [2.75, 3.05) is 5.32 Å². The number of amides is 1. The molecule has 0 aliphatic carbocycles. The number of hydrogen-bond acceptors (Lipinski definition) is 2. The first-order valence-corrected chi connectivity index (χ1v) is 7.05. The van der Waals surface area contributed by atoms with E-state index in [0.29, 0.717) is 4.47 Å². The lowest BCUT2D eigenvalue weighted by atomic mass is 10.2. The zero-order valence-electron chi connectivity index (χ0n) is 10.8. The molecule has 2 aromatic carbocycles. The van der Waals surface area contributed by atoms with Crippen LogP contribution < -0.4 is 5.32 Å². The fourth-order valence-electron chi connectivity index (χ4n) is 1.97. The normalized spacial score (nSPS) is 10.6. The Morgan fingerprint density at radius 2 is 1.90 bits per heavy atom. The summed E-state index contributed by atoms with van der Waals surface area (Å²) in [6.45, 7) is 0. The van der Waals surface area contributed by atoms with Crippen molar-refractivity contribution >= 4 is 38.4 Å². The quantitative estimate of drug-likeness (QED) is 0.749. The Morgan fingerprint density at radius 3 is 2.71 bits per heavy atom. The highest BCUT2D eigenvalue weighted by Gasteiger charge is 2.11. The number of nitrogens with one attached hydrogen (secondary N) is 1. The maximum absolute atomic E-state index is 13.7. The van der Waals surface area contributed by atoms with Gasteiger partial charge < -0.3 is 5.32 Å². The molecule has 21 heavy (non-hydrogen) atoms. The van der Waals surface area contributed by atoms with Gasteiger partial charge in [0.1, 0.15) is 11.5 Å². The molecule has 5 heteroatoms. The molecular weight excluding hydrogens is 335 g/mol. The van der Waals surface area contributed by atoms with E-state index in [1.54, 1.807) is 12.1 Å². The van der Waals surface area contributed by atoms with Crippen LogP contribution in [0.3, 0.4) is 0 Å². The van der Waals surface area contributed by atoms with E-state index in [2.05, 4.69) is 26.2 Å². The van der Waals surface area contributed by atoms with Crippen molar-refractivity contribution in [3.63, 3.8) is 0 Å². The second kappa shape index (κ2) is 5.61. The SMILES string of the molecule is O=C(Nc1ccc(Br)cc1F)c1ccc2ccccc2n1. The van der Waals surface area contributed by atoms with Gasteiger partial charge in [0, 0.05) is 9.86 Å². The van der Waals surface area contributed by atoms with Crippen LogP contribution in [0.2, 0.25) is 0 Å². The Morgan fingerprint density at radius 1 is 1.10 bits per heavy atom. The Balaban J connectivity index is 1.89. The smallest absolute Gasteiger partial charge is 0.274 e. The van der Waals surface area contributed by atoms with E-state index in [1.165, 1.54) is 12.1 Å². The van der Waals surface area contributed by atoms with Gasteiger partial charge in [0.05, 0.1) is 11.2 Å². The molecule has 3 rings (SSSR count). The fraction of sp³-hybridized carbons (Fsp3) is 0. The van der Waals surface area contributed by atoms with E-state index in [0.717, 1.165) is 10.9 Å². The molecular formula is C16H10BrFN2O. The van der Waals surface area contributed by atoms with Crippen LogP contribution in [-0.4, -0.2) is 10.9 Å². The van der Waals surface area contributed by atoms with Gasteiger partial charge in [-0.15, -0.1) is 0 Å². The van der Waals surface area contributed by atoms with Gasteiger partial charge in [0.25, 0.3) is 5.91 Å². The van der Waals surface area contributed by atoms with Gasteiger partial charge in [-0.3, -0.25) is 4.79 Å². The maximum atomic E-state index is 13.7. The molecule has 0 aliphatic rings. The Labute approximate surface area is 128 Å². The predicted molar refractivity (Wildman–Crippen MR) is 83.8 cm³/mol. The largest absolute Gasteiger partial charge is 0.318 e. The first-order valence-electron chi connectivity index (χ1n) is 6.26. The standard InChI is InChI=1S/C16H10BrFN2O/c17-11-6-8-14(12(18)9-11)20-16(21)15-7-5-10-3-1-2-4-13(10)19-15/h1-9H,(H,20,21). The van der Waals surface area contributed by atoms with E-state index in [-0.39, 0.29) is 11.4 Å². The van der Waals surface area contributed by atoms with Crippen LogP contribution in [0.4, 0.5) is 10.1 Å². The molecule has 0 saturated carbocycles. The van der Waals surface area contributed by atoms with E-state index >= 15 is 0 Å².